The highest BCUT2D eigenvalue weighted by atomic mass is 16.5. The van der Waals surface area contributed by atoms with E-state index < -0.39 is 0 Å². The van der Waals surface area contributed by atoms with E-state index in [9.17, 15) is 4.79 Å². The van der Waals surface area contributed by atoms with E-state index in [4.69, 9.17) is 14.5 Å². The number of ether oxygens (including phenoxy) is 2. The summed E-state index contributed by atoms with van der Waals surface area (Å²) < 4.78 is 12.5. The molecule has 1 N–H and O–H groups in total. The third kappa shape index (κ3) is 5.06. The number of hydrogen-bond donors (Lipinski definition) is 1. The quantitative estimate of drug-likeness (QED) is 0.438. The number of carbonyl (C=O) groups is 1. The zero-order valence-corrected chi connectivity index (χ0v) is 18.2. The predicted molar refractivity (Wildman–Crippen MR) is 123 cm³/mol. The summed E-state index contributed by atoms with van der Waals surface area (Å²) in [7, 11) is 3.29. The molecule has 1 amide bonds. The molecule has 0 saturated carbocycles. The molecule has 7 heteroatoms. The van der Waals surface area contributed by atoms with Gasteiger partial charge in [0.1, 0.15) is 22.8 Å². The van der Waals surface area contributed by atoms with Crippen LogP contribution in [0.5, 0.6) is 11.5 Å². The zero-order valence-electron chi connectivity index (χ0n) is 18.2. The maximum Gasteiger partial charge on any atom is 0.220 e. The molecule has 0 unspecified atom stereocenters. The summed E-state index contributed by atoms with van der Waals surface area (Å²) in [5.74, 6) is 2.37. The first-order valence-electron chi connectivity index (χ1n) is 10.5. The van der Waals surface area contributed by atoms with E-state index in [0.717, 1.165) is 39.6 Å². The third-order valence-electron chi connectivity index (χ3n) is 5.33. The van der Waals surface area contributed by atoms with Crippen LogP contribution in [0.25, 0.3) is 11.2 Å². The van der Waals surface area contributed by atoms with Gasteiger partial charge < -0.3 is 19.4 Å². The number of hydrogen-bond acceptors (Lipinski definition) is 5. The zero-order chi connectivity index (χ0) is 22.3. The molecule has 0 aliphatic carbocycles. The van der Waals surface area contributed by atoms with E-state index in [2.05, 4.69) is 10.3 Å². The molecule has 0 aliphatic heterocycles. The Morgan fingerprint density at radius 3 is 2.25 bits per heavy atom. The minimum atomic E-state index is -0.0168. The van der Waals surface area contributed by atoms with Crippen molar-refractivity contribution >= 4 is 17.1 Å². The number of benzene rings is 2. The van der Waals surface area contributed by atoms with Crippen LogP contribution in [0, 0.1) is 0 Å². The van der Waals surface area contributed by atoms with Crippen LogP contribution in [0.4, 0.5) is 0 Å². The van der Waals surface area contributed by atoms with Gasteiger partial charge in [-0.1, -0.05) is 24.3 Å². The molecule has 2 aromatic carbocycles. The molecule has 0 saturated heterocycles. The van der Waals surface area contributed by atoms with Gasteiger partial charge in [-0.2, -0.15) is 0 Å². The van der Waals surface area contributed by atoms with Crippen molar-refractivity contribution in [1.29, 1.82) is 0 Å². The van der Waals surface area contributed by atoms with Crippen molar-refractivity contribution in [3.05, 3.63) is 83.8 Å². The molecule has 32 heavy (non-hydrogen) atoms. The molecule has 4 rings (SSSR count). The number of aromatic nitrogens is 3. The number of nitrogens with zero attached hydrogens (tertiary/aromatic N) is 3. The molecule has 0 aliphatic rings. The van der Waals surface area contributed by atoms with Crippen molar-refractivity contribution in [2.45, 2.75) is 25.9 Å². The molecule has 0 fully saturated rings. The van der Waals surface area contributed by atoms with Gasteiger partial charge in [0.25, 0.3) is 0 Å². The van der Waals surface area contributed by atoms with E-state index in [1.165, 1.54) is 0 Å². The van der Waals surface area contributed by atoms with Gasteiger partial charge in [0, 0.05) is 12.6 Å². The first kappa shape index (κ1) is 21.4. The Morgan fingerprint density at radius 1 is 0.938 bits per heavy atom. The lowest BCUT2D eigenvalue weighted by atomic mass is 10.1. The van der Waals surface area contributed by atoms with Crippen LogP contribution in [0.15, 0.2) is 66.9 Å². The summed E-state index contributed by atoms with van der Waals surface area (Å²) in [4.78, 5) is 21.7. The smallest absolute Gasteiger partial charge is 0.220 e. The summed E-state index contributed by atoms with van der Waals surface area (Å²) in [5, 5.41) is 3.00. The Kier molecular flexibility index (Phi) is 6.65. The predicted octanol–water partition coefficient (Wildman–Crippen LogP) is 3.75. The second kappa shape index (κ2) is 9.96. The molecule has 4 aromatic rings. The van der Waals surface area contributed by atoms with Crippen LogP contribution in [-0.4, -0.2) is 34.7 Å². The third-order valence-corrected chi connectivity index (χ3v) is 5.33. The van der Waals surface area contributed by atoms with Gasteiger partial charge in [0.05, 0.1) is 27.3 Å². The van der Waals surface area contributed by atoms with E-state index in [0.29, 0.717) is 25.9 Å². The van der Waals surface area contributed by atoms with Crippen LogP contribution in [0.3, 0.4) is 0 Å². The fraction of sp³-hybridized carbons (Fsp3) is 0.240. The molecule has 2 heterocycles. The summed E-state index contributed by atoms with van der Waals surface area (Å²) in [6.45, 7) is 0.947. The summed E-state index contributed by atoms with van der Waals surface area (Å²) in [6, 6.07) is 19.5. The van der Waals surface area contributed by atoms with E-state index in [1.807, 2.05) is 65.2 Å². The van der Waals surface area contributed by atoms with Crippen LogP contribution >= 0.6 is 0 Å². The lowest BCUT2D eigenvalue weighted by Gasteiger charge is -2.11. The van der Waals surface area contributed by atoms with Crippen LogP contribution in [0.2, 0.25) is 0 Å². The normalized spacial score (nSPS) is 10.8. The first-order valence-corrected chi connectivity index (χ1v) is 10.5. The average molecular weight is 431 g/mol. The molecule has 2 aromatic heterocycles. The van der Waals surface area contributed by atoms with E-state index in [-0.39, 0.29) is 5.91 Å². The number of aryl methyl sites for hydroxylation is 1. The van der Waals surface area contributed by atoms with E-state index in [1.54, 1.807) is 20.4 Å². The first-order chi connectivity index (χ1) is 15.7. The highest BCUT2D eigenvalue weighted by Crippen LogP contribution is 2.18. The highest BCUT2D eigenvalue weighted by molar-refractivity contribution is 5.76. The average Bonchev–Trinajstić information content (AvgIpc) is 3.19. The van der Waals surface area contributed by atoms with Crippen molar-refractivity contribution < 1.29 is 14.3 Å². The molecule has 0 spiro atoms. The molecular weight excluding hydrogens is 404 g/mol. The maximum absolute atomic E-state index is 12.5. The fourth-order valence-corrected chi connectivity index (χ4v) is 3.54. The second-order valence-corrected chi connectivity index (χ2v) is 7.43. The lowest BCUT2D eigenvalue weighted by molar-refractivity contribution is -0.121. The van der Waals surface area contributed by atoms with Crippen molar-refractivity contribution in [3.8, 4) is 11.5 Å². The largest absolute Gasteiger partial charge is 0.497 e. The Labute approximate surface area is 187 Å². The molecule has 7 nitrogen and oxygen atoms in total. The van der Waals surface area contributed by atoms with E-state index >= 15 is 0 Å². The summed E-state index contributed by atoms with van der Waals surface area (Å²) in [6.07, 6.45) is 2.83. The second-order valence-electron chi connectivity index (χ2n) is 7.43. The lowest BCUT2D eigenvalue weighted by Crippen LogP contribution is -2.25. The van der Waals surface area contributed by atoms with Crippen molar-refractivity contribution in [3.63, 3.8) is 0 Å². The number of pyridine rings is 1. The number of fused-ring (bicyclic) bond motifs is 1. The van der Waals surface area contributed by atoms with Crippen LogP contribution in [0.1, 0.15) is 23.4 Å². The molecule has 0 bridgehead atoms. The molecule has 0 atom stereocenters. The fourth-order valence-electron chi connectivity index (χ4n) is 3.54. The van der Waals surface area contributed by atoms with Gasteiger partial charge in [-0.05, 0) is 53.9 Å². The van der Waals surface area contributed by atoms with Crippen LogP contribution in [-0.2, 0) is 24.3 Å². The monoisotopic (exact) mass is 430 g/mol. The molecule has 164 valence electrons. The topological polar surface area (TPSA) is 78.3 Å². The van der Waals surface area contributed by atoms with Gasteiger partial charge in [0.15, 0.2) is 5.65 Å². The Balaban J connectivity index is 1.43. The van der Waals surface area contributed by atoms with Crippen molar-refractivity contribution in [2.75, 3.05) is 14.2 Å². The number of rotatable bonds is 9. The SMILES string of the molecule is COc1ccc(CCC(=O)NCc2nc3cccnc3n2Cc2ccc(OC)cc2)cc1. The Morgan fingerprint density at radius 2 is 1.59 bits per heavy atom. The highest BCUT2D eigenvalue weighted by Gasteiger charge is 2.13. The van der Waals surface area contributed by atoms with Gasteiger partial charge in [-0.25, -0.2) is 9.97 Å². The summed E-state index contributed by atoms with van der Waals surface area (Å²) >= 11 is 0. The Bertz CT molecular complexity index is 1180. The number of carbonyl (C=O) groups excluding carboxylic acids is 1. The minimum absolute atomic E-state index is 0.0168. The van der Waals surface area contributed by atoms with Crippen LogP contribution < -0.4 is 14.8 Å². The standard InChI is InChI=1S/C25H26N4O3/c1-31-20-10-5-18(6-11-20)9-14-24(30)27-16-23-28-22-4-3-15-26-25(22)29(23)17-19-7-12-21(32-2)13-8-19/h3-8,10-13,15H,9,14,16-17H2,1-2H3,(H,27,30). The summed E-state index contributed by atoms with van der Waals surface area (Å²) in [5.41, 5.74) is 3.80. The number of methoxy groups -OCH3 is 2. The number of nitrogens with one attached hydrogen (secondary N) is 1. The van der Waals surface area contributed by atoms with Crippen molar-refractivity contribution in [2.24, 2.45) is 0 Å². The van der Waals surface area contributed by atoms with Gasteiger partial charge in [-0.15, -0.1) is 0 Å². The Hall–Kier alpha value is -3.87. The van der Waals surface area contributed by atoms with Gasteiger partial charge >= 0.3 is 0 Å². The molecular formula is C25H26N4O3. The van der Waals surface area contributed by atoms with Gasteiger partial charge in [-0.3, -0.25) is 4.79 Å². The minimum Gasteiger partial charge on any atom is -0.497 e. The van der Waals surface area contributed by atoms with Gasteiger partial charge in [0.2, 0.25) is 5.91 Å². The molecule has 0 radical (unpaired) electrons. The number of amides is 1. The maximum atomic E-state index is 12.5. The van der Waals surface area contributed by atoms with Crippen molar-refractivity contribution in [1.82, 2.24) is 19.9 Å². The number of imidazole rings is 1.